The van der Waals surface area contributed by atoms with Crippen LogP contribution in [0.4, 0.5) is 0 Å². The summed E-state index contributed by atoms with van der Waals surface area (Å²) in [5, 5.41) is 10.1. The Morgan fingerprint density at radius 2 is 1.85 bits per heavy atom. The summed E-state index contributed by atoms with van der Waals surface area (Å²) >= 11 is 0. The van der Waals surface area contributed by atoms with Gasteiger partial charge < -0.3 is 20.2 Å². The second kappa shape index (κ2) is 8.48. The maximum atomic E-state index is 13.8. The van der Waals surface area contributed by atoms with Gasteiger partial charge in [-0.3, -0.25) is 4.79 Å². The first-order chi connectivity index (χ1) is 16.1. The van der Waals surface area contributed by atoms with E-state index in [-0.39, 0.29) is 11.9 Å². The van der Waals surface area contributed by atoms with Crippen LogP contribution >= 0.6 is 0 Å². The van der Waals surface area contributed by atoms with Crippen molar-refractivity contribution >= 4 is 16.7 Å². The molecule has 1 heterocycles. The molecule has 1 aromatic heterocycles. The van der Waals surface area contributed by atoms with Gasteiger partial charge in [-0.05, 0) is 56.5 Å². The van der Waals surface area contributed by atoms with E-state index in [9.17, 15) is 10.1 Å². The number of carbonyl (C=O) groups is 1. The van der Waals surface area contributed by atoms with Gasteiger partial charge in [0.1, 0.15) is 5.60 Å². The molecule has 4 rings (SSSR count). The van der Waals surface area contributed by atoms with Gasteiger partial charge >= 0.3 is 0 Å². The van der Waals surface area contributed by atoms with E-state index in [1.165, 1.54) is 0 Å². The van der Waals surface area contributed by atoms with Crippen molar-refractivity contribution in [3.63, 3.8) is 0 Å². The highest BCUT2D eigenvalue weighted by Crippen LogP contribution is 2.47. The van der Waals surface area contributed by atoms with Crippen LogP contribution in [0.1, 0.15) is 87.1 Å². The topological polar surface area (TPSA) is 101 Å². The van der Waals surface area contributed by atoms with Crippen LogP contribution in [0.15, 0.2) is 30.3 Å². The predicted octanol–water partition coefficient (Wildman–Crippen LogP) is 5.59. The highest BCUT2D eigenvalue weighted by molar-refractivity contribution is 6.20. The summed E-state index contributed by atoms with van der Waals surface area (Å²) in [6, 6.07) is 11.3. The molecule has 0 saturated heterocycles. The number of aromatic nitrogens is 1. The van der Waals surface area contributed by atoms with Crippen molar-refractivity contribution < 1.29 is 14.3 Å². The molecule has 0 unspecified atom stereocenters. The van der Waals surface area contributed by atoms with Crippen molar-refractivity contribution in [1.82, 2.24) is 4.98 Å². The number of nitrogens with zero attached hydrogens (tertiary/aromatic N) is 1. The van der Waals surface area contributed by atoms with E-state index in [1.54, 1.807) is 12.1 Å². The van der Waals surface area contributed by atoms with Crippen LogP contribution in [-0.4, -0.2) is 29.0 Å². The average Bonchev–Trinajstić information content (AvgIpc) is 3.21. The molecule has 1 aliphatic rings. The number of ketones is 1. The number of fused-ring (bicyclic) bond motifs is 4. The van der Waals surface area contributed by atoms with E-state index in [2.05, 4.69) is 38.7 Å². The molecule has 0 spiro atoms. The van der Waals surface area contributed by atoms with Gasteiger partial charge in [0, 0.05) is 34.1 Å². The number of hydrogen-bond acceptors (Lipinski definition) is 5. The second-order valence-corrected chi connectivity index (χ2v) is 9.91. The summed E-state index contributed by atoms with van der Waals surface area (Å²) in [4.78, 5) is 17.3. The summed E-state index contributed by atoms with van der Waals surface area (Å²) in [5.41, 5.74) is 9.43. The van der Waals surface area contributed by atoms with E-state index in [0.29, 0.717) is 34.7 Å². The number of benzene rings is 2. The zero-order valence-corrected chi connectivity index (χ0v) is 20.8. The molecule has 2 aromatic carbocycles. The number of H-pyrrole nitrogens is 1. The fraction of sp³-hybridized carbons (Fsp3) is 0.429. The predicted molar refractivity (Wildman–Crippen MR) is 134 cm³/mol. The molecule has 6 heteroatoms. The van der Waals surface area contributed by atoms with Crippen molar-refractivity contribution in [2.75, 3.05) is 6.54 Å². The largest absolute Gasteiger partial charge is 0.487 e. The van der Waals surface area contributed by atoms with E-state index >= 15 is 0 Å². The molecule has 1 aliphatic carbocycles. The third kappa shape index (κ3) is 3.65. The minimum atomic E-state index is -0.508. The molecule has 3 aromatic rings. The summed E-state index contributed by atoms with van der Waals surface area (Å²) < 4.78 is 12.7. The Labute approximate surface area is 201 Å². The zero-order chi connectivity index (χ0) is 24.8. The van der Waals surface area contributed by atoms with Gasteiger partial charge in [0.2, 0.25) is 0 Å². The molecule has 34 heavy (non-hydrogen) atoms. The Morgan fingerprint density at radius 3 is 2.44 bits per heavy atom. The van der Waals surface area contributed by atoms with Crippen molar-refractivity contribution in [3.8, 4) is 17.6 Å². The van der Waals surface area contributed by atoms with Crippen LogP contribution in [0.25, 0.3) is 10.9 Å². The third-order valence-corrected chi connectivity index (χ3v) is 7.13. The van der Waals surface area contributed by atoms with Crippen LogP contribution in [0.3, 0.4) is 0 Å². The number of rotatable bonds is 7. The van der Waals surface area contributed by atoms with Crippen LogP contribution in [0.2, 0.25) is 0 Å². The first-order valence-electron chi connectivity index (χ1n) is 12.0. The first-order valence-corrected chi connectivity index (χ1v) is 12.0. The van der Waals surface area contributed by atoms with Crippen molar-refractivity contribution in [1.29, 1.82) is 5.26 Å². The normalized spacial score (nSPS) is 14.6. The number of hydrogen-bond donors (Lipinski definition) is 2. The van der Waals surface area contributed by atoms with Gasteiger partial charge in [0.25, 0.3) is 0 Å². The lowest BCUT2D eigenvalue weighted by atomic mass is 9.71. The molecule has 0 atom stereocenters. The van der Waals surface area contributed by atoms with Gasteiger partial charge in [-0.15, -0.1) is 0 Å². The number of nitriles is 1. The summed E-state index contributed by atoms with van der Waals surface area (Å²) in [7, 11) is 0. The molecule has 0 saturated carbocycles. The van der Waals surface area contributed by atoms with Crippen LogP contribution < -0.4 is 15.2 Å². The van der Waals surface area contributed by atoms with Gasteiger partial charge in [-0.2, -0.15) is 5.26 Å². The van der Waals surface area contributed by atoms with Crippen molar-refractivity contribution in [2.24, 2.45) is 5.73 Å². The molecular formula is C28H33N3O3. The zero-order valence-electron chi connectivity index (χ0n) is 20.8. The molecule has 0 fully saturated rings. The molecule has 6 nitrogen and oxygen atoms in total. The Hall–Kier alpha value is -3.30. The molecule has 0 bridgehead atoms. The van der Waals surface area contributed by atoms with Crippen LogP contribution in [0.5, 0.6) is 11.5 Å². The average molecular weight is 460 g/mol. The fourth-order valence-corrected chi connectivity index (χ4v) is 4.89. The number of carbonyl (C=O) groups excluding carboxylic acids is 1. The summed E-state index contributed by atoms with van der Waals surface area (Å²) in [6.45, 7) is 12.6. The van der Waals surface area contributed by atoms with Crippen LogP contribution in [0, 0.1) is 11.3 Å². The van der Waals surface area contributed by atoms with Gasteiger partial charge in [0.05, 0.1) is 23.3 Å². The quantitative estimate of drug-likeness (QED) is 0.479. The number of aromatic amines is 1. The molecule has 0 aliphatic heterocycles. The Morgan fingerprint density at radius 1 is 1.15 bits per heavy atom. The number of ether oxygens (including phenoxy) is 2. The van der Waals surface area contributed by atoms with E-state index in [0.717, 1.165) is 35.0 Å². The highest BCUT2D eigenvalue weighted by atomic mass is 16.5. The van der Waals surface area contributed by atoms with E-state index in [1.807, 2.05) is 32.0 Å². The van der Waals surface area contributed by atoms with Gasteiger partial charge in [0.15, 0.2) is 17.3 Å². The minimum absolute atomic E-state index is 0.0588. The molecule has 3 N–H and O–H groups in total. The standard InChI is InChI=1S/C28H33N3O3/c1-7-28(8-2,15-30)34-23-13-20-19(12-22(23)33-16(3)4)25(32)24-18-10-9-17(14-29)11-21(18)31-26(24)27(20,5)6/h9-13,16,31H,7-8,15,30H2,1-6H3. The fourth-order valence-electron chi connectivity index (χ4n) is 4.89. The van der Waals surface area contributed by atoms with E-state index in [4.69, 9.17) is 15.2 Å². The summed E-state index contributed by atoms with van der Waals surface area (Å²) in [6.07, 6.45) is 1.43. The van der Waals surface area contributed by atoms with Gasteiger partial charge in [-0.1, -0.05) is 33.8 Å². The molecule has 0 amide bonds. The molecule has 0 radical (unpaired) electrons. The number of nitrogens with one attached hydrogen (secondary N) is 1. The number of nitrogens with two attached hydrogens (primary N) is 1. The van der Waals surface area contributed by atoms with E-state index < -0.39 is 11.0 Å². The highest BCUT2D eigenvalue weighted by Gasteiger charge is 2.41. The molecular weight excluding hydrogens is 426 g/mol. The monoisotopic (exact) mass is 459 g/mol. The Kier molecular flexibility index (Phi) is 5.95. The van der Waals surface area contributed by atoms with Gasteiger partial charge in [-0.25, -0.2) is 0 Å². The Balaban J connectivity index is 1.95. The smallest absolute Gasteiger partial charge is 0.195 e. The lowest BCUT2D eigenvalue weighted by Gasteiger charge is -2.36. The third-order valence-electron chi connectivity index (χ3n) is 7.13. The summed E-state index contributed by atoms with van der Waals surface area (Å²) in [5.74, 6) is 1.10. The first kappa shape index (κ1) is 23.8. The van der Waals surface area contributed by atoms with Crippen LogP contribution in [-0.2, 0) is 5.41 Å². The Bertz CT molecular complexity index is 1300. The maximum absolute atomic E-state index is 13.8. The van der Waals surface area contributed by atoms with Crippen molar-refractivity contribution in [3.05, 3.63) is 58.3 Å². The minimum Gasteiger partial charge on any atom is -0.487 e. The lowest BCUT2D eigenvalue weighted by Crippen LogP contribution is -2.42. The maximum Gasteiger partial charge on any atom is 0.195 e. The van der Waals surface area contributed by atoms with Crippen molar-refractivity contribution in [2.45, 2.75) is 71.5 Å². The molecule has 178 valence electrons. The SMILES string of the molecule is CCC(CC)(CN)Oc1cc2c(cc1OC(C)C)C(=O)c1c([nH]c3cc(C#N)ccc13)C2(C)C. The second-order valence-electron chi connectivity index (χ2n) is 9.91. The lowest BCUT2D eigenvalue weighted by molar-refractivity contribution is 0.0629.